The molecule has 0 radical (unpaired) electrons. The molecule has 8 heteroatoms. The van der Waals surface area contributed by atoms with Crippen LogP contribution in [0.15, 0.2) is 83.2 Å². The lowest BCUT2D eigenvalue weighted by atomic mass is 10.1. The van der Waals surface area contributed by atoms with Gasteiger partial charge in [-0.25, -0.2) is 5.01 Å². The summed E-state index contributed by atoms with van der Waals surface area (Å²) in [6, 6.07) is 19.0. The van der Waals surface area contributed by atoms with E-state index < -0.39 is 6.17 Å². The highest BCUT2D eigenvalue weighted by Crippen LogP contribution is 2.31. The summed E-state index contributed by atoms with van der Waals surface area (Å²) in [4.78, 5) is 22.2. The van der Waals surface area contributed by atoms with Crippen molar-refractivity contribution in [2.75, 3.05) is 0 Å². The van der Waals surface area contributed by atoms with Crippen LogP contribution in [-0.4, -0.2) is 21.1 Å². The van der Waals surface area contributed by atoms with Gasteiger partial charge in [0.05, 0.1) is 5.36 Å². The van der Waals surface area contributed by atoms with Gasteiger partial charge in [0.15, 0.2) is 11.3 Å². The average molecular weight is 434 g/mol. The van der Waals surface area contributed by atoms with Gasteiger partial charge < -0.3 is 0 Å². The second-order valence-electron chi connectivity index (χ2n) is 6.74. The minimum Gasteiger partial charge on any atom is -0.298 e. The molecular formula is C22H16ClN5OS. The molecule has 0 aliphatic carbocycles. The van der Waals surface area contributed by atoms with Crippen LogP contribution in [0.2, 0.25) is 5.02 Å². The molecular weight excluding hydrogens is 418 g/mol. The minimum absolute atomic E-state index is 0.206. The molecule has 6 nitrogen and oxygen atoms in total. The number of pyridine rings is 1. The second kappa shape index (κ2) is 7.93. The number of hydrogen-bond donors (Lipinski definition) is 1. The van der Waals surface area contributed by atoms with Gasteiger partial charge in [0.2, 0.25) is 0 Å². The maximum atomic E-state index is 13.1. The lowest BCUT2D eigenvalue weighted by molar-refractivity contribution is -0.116. The fourth-order valence-corrected chi connectivity index (χ4v) is 4.54. The zero-order chi connectivity index (χ0) is 20.5. The number of hydrogen-bond acceptors (Lipinski definition) is 6. The summed E-state index contributed by atoms with van der Waals surface area (Å²) in [5.41, 5.74) is 2.32. The van der Waals surface area contributed by atoms with Crippen LogP contribution in [0.5, 0.6) is 0 Å². The third kappa shape index (κ3) is 3.46. The predicted octanol–water partition coefficient (Wildman–Crippen LogP) is 2.81. The monoisotopic (exact) mass is 433 g/mol. The summed E-state index contributed by atoms with van der Waals surface area (Å²) >= 11 is 7.69. The van der Waals surface area contributed by atoms with Crippen LogP contribution in [0.25, 0.3) is 5.70 Å². The van der Waals surface area contributed by atoms with E-state index >= 15 is 0 Å². The van der Waals surface area contributed by atoms with Gasteiger partial charge in [-0.15, -0.1) is 5.10 Å². The van der Waals surface area contributed by atoms with E-state index in [2.05, 4.69) is 10.3 Å². The number of nitrogens with one attached hydrogen (secondary N) is 1. The Kier molecular flexibility index (Phi) is 4.98. The first-order chi connectivity index (χ1) is 14.7. The van der Waals surface area contributed by atoms with Crippen molar-refractivity contribution in [2.24, 2.45) is 10.1 Å². The molecule has 2 aliphatic rings. The number of amides is 1. The molecule has 1 atom stereocenters. The summed E-state index contributed by atoms with van der Waals surface area (Å²) in [5.74, 6) is 0.385. The molecule has 1 aromatic heterocycles. The van der Waals surface area contributed by atoms with E-state index in [-0.39, 0.29) is 5.91 Å². The van der Waals surface area contributed by atoms with E-state index in [1.54, 1.807) is 17.4 Å². The Balaban J connectivity index is 1.56. The van der Waals surface area contributed by atoms with E-state index in [1.807, 2.05) is 60.7 Å². The molecule has 30 heavy (non-hydrogen) atoms. The highest BCUT2D eigenvalue weighted by Gasteiger charge is 2.34. The lowest BCUT2D eigenvalue weighted by Crippen LogP contribution is -2.50. The molecule has 148 valence electrons. The van der Waals surface area contributed by atoms with Gasteiger partial charge >= 0.3 is 0 Å². The van der Waals surface area contributed by atoms with Crippen LogP contribution in [0.1, 0.15) is 17.3 Å². The van der Waals surface area contributed by atoms with Gasteiger partial charge in [0, 0.05) is 34.0 Å². The zero-order valence-electron chi connectivity index (χ0n) is 15.7. The summed E-state index contributed by atoms with van der Waals surface area (Å²) < 4.78 is 0. The first-order valence-electron chi connectivity index (χ1n) is 9.33. The third-order valence-electron chi connectivity index (χ3n) is 4.82. The fourth-order valence-electron chi connectivity index (χ4n) is 3.40. The van der Waals surface area contributed by atoms with Gasteiger partial charge in [-0.2, -0.15) is 0 Å². The highest BCUT2D eigenvalue weighted by atomic mass is 35.5. The Labute approximate surface area is 182 Å². The summed E-state index contributed by atoms with van der Waals surface area (Å²) in [6.45, 7) is 0. The number of nitrogens with zero attached hydrogens (tertiary/aromatic N) is 4. The fraction of sp³-hybridized carbons (Fsp3) is 0.0909. The Morgan fingerprint density at radius 1 is 1.07 bits per heavy atom. The number of hydrazone groups is 1. The smallest absolute Gasteiger partial charge is 0.276 e. The molecule has 2 aliphatic heterocycles. The van der Waals surface area contributed by atoms with Gasteiger partial charge in [-0.1, -0.05) is 65.8 Å². The third-order valence-corrected chi connectivity index (χ3v) is 6.10. The van der Waals surface area contributed by atoms with Crippen LogP contribution in [0.3, 0.4) is 0 Å². The zero-order valence-corrected chi connectivity index (χ0v) is 17.3. The van der Waals surface area contributed by atoms with Gasteiger partial charge in [-0.3, -0.25) is 20.1 Å². The van der Waals surface area contributed by atoms with Crippen molar-refractivity contribution in [3.05, 3.63) is 99.8 Å². The molecule has 0 unspecified atom stereocenters. The molecule has 3 heterocycles. The molecule has 3 aromatic rings. The van der Waals surface area contributed by atoms with Crippen LogP contribution in [0, 0.1) is 0 Å². The Hall–Kier alpha value is -3.16. The Morgan fingerprint density at radius 3 is 2.73 bits per heavy atom. The number of para-hydroxylation sites is 1. The molecule has 0 saturated carbocycles. The molecule has 5 rings (SSSR count). The quantitative estimate of drug-likeness (QED) is 0.689. The number of fused-ring (bicyclic) bond motifs is 2. The van der Waals surface area contributed by atoms with E-state index in [4.69, 9.17) is 21.7 Å². The topological polar surface area (TPSA) is 70.0 Å². The van der Waals surface area contributed by atoms with Crippen LogP contribution in [0.4, 0.5) is 0 Å². The van der Waals surface area contributed by atoms with Crippen LogP contribution < -0.4 is 15.9 Å². The molecule has 1 N–H and O–H groups in total. The first-order valence-corrected chi connectivity index (χ1v) is 10.7. The number of thioether (sulfide) groups is 1. The maximum Gasteiger partial charge on any atom is 0.276 e. The number of carbonyl (C=O) groups is 1. The molecule has 1 amide bonds. The van der Waals surface area contributed by atoms with Crippen molar-refractivity contribution in [3.63, 3.8) is 0 Å². The summed E-state index contributed by atoms with van der Waals surface area (Å²) in [5, 5.41) is 12.1. The van der Waals surface area contributed by atoms with Crippen LogP contribution in [-0.2, 0) is 10.5 Å². The maximum absolute atomic E-state index is 13.1. The number of benzene rings is 2. The van der Waals surface area contributed by atoms with Crippen molar-refractivity contribution in [3.8, 4) is 0 Å². The number of carbonyl (C=O) groups excluding carboxylic acids is 1. The second-order valence-corrected chi connectivity index (χ2v) is 8.11. The first kappa shape index (κ1) is 18.8. The Morgan fingerprint density at radius 2 is 1.90 bits per heavy atom. The molecule has 0 fully saturated rings. The predicted molar refractivity (Wildman–Crippen MR) is 118 cm³/mol. The van der Waals surface area contributed by atoms with E-state index in [0.717, 1.165) is 21.7 Å². The number of amidine groups is 1. The van der Waals surface area contributed by atoms with E-state index in [1.165, 1.54) is 11.8 Å². The van der Waals surface area contributed by atoms with Crippen molar-refractivity contribution >= 4 is 40.1 Å². The molecule has 0 spiro atoms. The SMILES string of the molecule is O=C1NC(SCc2ccccc2Cl)=NN2C1=c1ccccc1=N[C@@H]2c1cccnc1. The number of rotatable bonds is 3. The van der Waals surface area contributed by atoms with E-state index in [9.17, 15) is 4.79 Å². The highest BCUT2D eigenvalue weighted by molar-refractivity contribution is 8.13. The number of halogens is 1. The van der Waals surface area contributed by atoms with Crippen molar-refractivity contribution in [1.82, 2.24) is 15.3 Å². The number of aromatic nitrogens is 1. The lowest BCUT2D eigenvalue weighted by Gasteiger charge is -2.33. The minimum atomic E-state index is -0.467. The van der Waals surface area contributed by atoms with Crippen molar-refractivity contribution < 1.29 is 4.79 Å². The summed E-state index contributed by atoms with van der Waals surface area (Å²) in [6.07, 6.45) is 2.99. The van der Waals surface area contributed by atoms with Gasteiger partial charge in [-0.05, 0) is 23.8 Å². The largest absolute Gasteiger partial charge is 0.298 e. The normalized spacial score (nSPS) is 17.4. The molecule has 0 bridgehead atoms. The average Bonchev–Trinajstić information content (AvgIpc) is 2.78. The Bertz CT molecular complexity index is 1280. The van der Waals surface area contributed by atoms with Crippen molar-refractivity contribution in [1.29, 1.82) is 0 Å². The molecule has 2 aromatic carbocycles. The van der Waals surface area contributed by atoms with Crippen molar-refractivity contribution in [2.45, 2.75) is 11.9 Å². The standard InChI is InChI=1S/C22H16ClN5OS/c23-17-9-3-1-6-15(17)13-30-22-26-21(29)19-16-8-2-4-10-18(16)25-20(28(19)27-22)14-7-5-11-24-12-14/h1-12,20H,13H2,(H,26,27,29)/t20-/m0/s1. The summed E-state index contributed by atoms with van der Waals surface area (Å²) in [7, 11) is 0. The van der Waals surface area contributed by atoms with Crippen LogP contribution >= 0.6 is 23.4 Å². The van der Waals surface area contributed by atoms with E-state index in [0.29, 0.717) is 21.6 Å². The van der Waals surface area contributed by atoms with Gasteiger partial charge in [0.1, 0.15) is 5.70 Å². The van der Waals surface area contributed by atoms with Gasteiger partial charge in [0.25, 0.3) is 5.91 Å². The molecule has 0 saturated heterocycles.